The van der Waals surface area contributed by atoms with Crippen molar-refractivity contribution in [1.82, 2.24) is 19.1 Å². The molecule has 8 heteroatoms. The number of hydrogen-bond acceptors (Lipinski definition) is 4. The van der Waals surface area contributed by atoms with Crippen LogP contribution in [0.1, 0.15) is 11.1 Å². The van der Waals surface area contributed by atoms with E-state index in [1.54, 1.807) is 0 Å². The molecule has 3 aromatic heterocycles. The summed E-state index contributed by atoms with van der Waals surface area (Å²) in [5.41, 5.74) is 13.5. The summed E-state index contributed by atoms with van der Waals surface area (Å²) in [6.45, 7) is 15.7. The van der Waals surface area contributed by atoms with Gasteiger partial charge >= 0.3 is 0 Å². The van der Waals surface area contributed by atoms with Crippen LogP contribution >= 0.6 is 0 Å². The standard InChI is InChI=1S/C56H30N8/c1-59-40-20-25-54-46(30-40)47-31-41(60-2)21-26-55(47)64(54)53-24-19-39(49-32-48(37-11-5-3-6-12-37)61-56(62-49)38-13-7-4-8-14-38)29-45(53)42-15-9-10-16-50(42)63-51-22-17-35(33-57)27-43(51)44-28-36(34-58)18-23-52(44)63/h3-32H. The van der Waals surface area contributed by atoms with Crippen molar-refractivity contribution >= 4 is 55.0 Å². The molecule has 0 unspecified atom stereocenters. The van der Waals surface area contributed by atoms with E-state index >= 15 is 0 Å². The molecule has 0 spiro atoms. The number of hydrogen-bond donors (Lipinski definition) is 0. The number of benzene rings is 8. The van der Waals surface area contributed by atoms with Crippen LogP contribution < -0.4 is 0 Å². The quantitative estimate of drug-likeness (QED) is 0.156. The predicted octanol–water partition coefficient (Wildman–Crippen LogP) is 14.2. The molecule has 0 bridgehead atoms. The average molecular weight is 815 g/mol. The third-order valence-electron chi connectivity index (χ3n) is 11.8. The van der Waals surface area contributed by atoms with E-state index in [9.17, 15) is 10.5 Å². The van der Waals surface area contributed by atoms with Gasteiger partial charge in [0.2, 0.25) is 0 Å². The van der Waals surface area contributed by atoms with Crippen LogP contribution in [0.3, 0.4) is 0 Å². The molecule has 8 nitrogen and oxygen atoms in total. The minimum Gasteiger partial charge on any atom is -0.309 e. The molecule has 64 heavy (non-hydrogen) atoms. The van der Waals surface area contributed by atoms with Gasteiger partial charge in [-0.15, -0.1) is 0 Å². The van der Waals surface area contributed by atoms with E-state index in [0.717, 1.165) is 94.2 Å². The van der Waals surface area contributed by atoms with Gasteiger partial charge in [0.25, 0.3) is 0 Å². The summed E-state index contributed by atoms with van der Waals surface area (Å²) in [5, 5.41) is 23.4. The SMILES string of the molecule is [C-]#[N+]c1ccc2c(c1)c1cc([N+]#[C-])ccc1n2-c1ccc(-c2cc(-c3ccccc3)nc(-c3ccccc3)n2)cc1-c1ccccc1-n1c2ccc(C#N)cc2c2cc(C#N)ccc21. The Morgan fingerprint density at radius 2 is 0.875 bits per heavy atom. The summed E-state index contributed by atoms with van der Waals surface area (Å²) in [5.74, 6) is 0.607. The minimum absolute atomic E-state index is 0.512. The van der Waals surface area contributed by atoms with Crippen molar-refractivity contribution in [2.75, 3.05) is 0 Å². The van der Waals surface area contributed by atoms with E-state index < -0.39 is 0 Å². The van der Waals surface area contributed by atoms with Crippen LogP contribution in [0.4, 0.5) is 11.4 Å². The molecule has 0 N–H and O–H groups in total. The van der Waals surface area contributed by atoms with Crippen LogP contribution in [-0.4, -0.2) is 19.1 Å². The number of para-hydroxylation sites is 1. The van der Waals surface area contributed by atoms with E-state index in [-0.39, 0.29) is 0 Å². The second kappa shape index (κ2) is 15.1. The Kier molecular flexibility index (Phi) is 8.85. The Balaban J connectivity index is 1.24. The Hall–Kier alpha value is -9.60. The maximum atomic E-state index is 9.95. The fourth-order valence-corrected chi connectivity index (χ4v) is 8.89. The highest BCUT2D eigenvalue weighted by Crippen LogP contribution is 2.44. The van der Waals surface area contributed by atoms with E-state index in [0.29, 0.717) is 28.3 Å². The van der Waals surface area contributed by atoms with Crippen molar-refractivity contribution in [1.29, 1.82) is 10.5 Å². The van der Waals surface area contributed by atoms with Gasteiger partial charge in [-0.2, -0.15) is 10.5 Å². The summed E-state index contributed by atoms with van der Waals surface area (Å²) in [6, 6.07) is 64.3. The van der Waals surface area contributed by atoms with E-state index in [4.69, 9.17) is 23.1 Å². The van der Waals surface area contributed by atoms with Crippen molar-refractivity contribution in [3.8, 4) is 68.5 Å². The van der Waals surface area contributed by atoms with Crippen molar-refractivity contribution in [3.63, 3.8) is 0 Å². The first-order chi connectivity index (χ1) is 31.5. The first-order valence-electron chi connectivity index (χ1n) is 20.5. The number of nitriles is 2. The molecule has 11 aromatic rings. The predicted molar refractivity (Wildman–Crippen MR) is 254 cm³/mol. The van der Waals surface area contributed by atoms with Crippen LogP contribution in [0.5, 0.6) is 0 Å². The van der Waals surface area contributed by atoms with Gasteiger partial charge < -0.3 is 9.13 Å². The topological polar surface area (TPSA) is 91.9 Å². The molecule has 0 aliphatic carbocycles. The third-order valence-corrected chi connectivity index (χ3v) is 11.8. The second-order valence-corrected chi connectivity index (χ2v) is 15.4. The van der Waals surface area contributed by atoms with E-state index in [1.165, 1.54) is 0 Å². The van der Waals surface area contributed by atoms with E-state index in [2.05, 4.69) is 73.4 Å². The lowest BCUT2D eigenvalue weighted by Gasteiger charge is -2.20. The molecule has 0 aliphatic rings. The number of aromatic nitrogens is 4. The van der Waals surface area contributed by atoms with Crippen LogP contribution in [0.15, 0.2) is 182 Å². The summed E-state index contributed by atoms with van der Waals surface area (Å²) < 4.78 is 4.43. The molecule has 0 amide bonds. The summed E-state index contributed by atoms with van der Waals surface area (Å²) in [4.78, 5) is 17.8. The zero-order valence-corrected chi connectivity index (χ0v) is 33.9. The van der Waals surface area contributed by atoms with Crippen LogP contribution in [0, 0.1) is 35.8 Å². The molecule has 8 aromatic carbocycles. The molecule has 3 heterocycles. The first kappa shape index (κ1) is 37.4. The largest absolute Gasteiger partial charge is 0.309 e. The van der Waals surface area contributed by atoms with Gasteiger partial charge in [0, 0.05) is 38.6 Å². The lowest BCUT2D eigenvalue weighted by Crippen LogP contribution is -2.02. The number of nitrogens with zero attached hydrogens (tertiary/aromatic N) is 8. The van der Waals surface area contributed by atoms with Gasteiger partial charge in [-0.25, -0.2) is 19.7 Å². The molecule has 294 valence electrons. The maximum absolute atomic E-state index is 9.95. The Labute approximate surface area is 367 Å². The zero-order valence-electron chi connectivity index (χ0n) is 33.9. The monoisotopic (exact) mass is 814 g/mol. The summed E-state index contributed by atoms with van der Waals surface area (Å²) in [6.07, 6.45) is 0. The van der Waals surface area contributed by atoms with Crippen LogP contribution in [0.2, 0.25) is 0 Å². The number of fused-ring (bicyclic) bond motifs is 6. The molecule has 0 fully saturated rings. The highest BCUT2D eigenvalue weighted by molar-refractivity contribution is 6.13. The normalized spacial score (nSPS) is 11.1. The van der Waals surface area contributed by atoms with Gasteiger partial charge in [-0.05, 0) is 95.7 Å². The molecule has 11 rings (SSSR count). The van der Waals surface area contributed by atoms with Crippen molar-refractivity contribution in [2.45, 2.75) is 0 Å². The summed E-state index contributed by atoms with van der Waals surface area (Å²) in [7, 11) is 0. The Bertz CT molecular complexity index is 3690. The minimum atomic E-state index is 0.512. The highest BCUT2D eigenvalue weighted by atomic mass is 15.0. The van der Waals surface area contributed by atoms with Gasteiger partial charge in [0.15, 0.2) is 17.2 Å². The zero-order chi connectivity index (χ0) is 43.3. The van der Waals surface area contributed by atoms with Gasteiger partial charge in [-0.3, -0.25) is 0 Å². The van der Waals surface area contributed by atoms with Gasteiger partial charge in [-0.1, -0.05) is 97.1 Å². The van der Waals surface area contributed by atoms with Crippen LogP contribution in [-0.2, 0) is 0 Å². The van der Waals surface area contributed by atoms with Gasteiger partial charge in [0.1, 0.15) is 0 Å². The Morgan fingerprint density at radius 1 is 0.406 bits per heavy atom. The van der Waals surface area contributed by atoms with Crippen LogP contribution in [0.25, 0.3) is 110 Å². The molecule has 0 atom stereocenters. The van der Waals surface area contributed by atoms with Gasteiger partial charge in [0.05, 0.1) is 81.2 Å². The van der Waals surface area contributed by atoms with E-state index in [1.807, 2.05) is 140 Å². The molecule has 0 aliphatic heterocycles. The lowest BCUT2D eigenvalue weighted by molar-refractivity contribution is 1.16. The smallest absolute Gasteiger partial charge is 0.188 e. The fourth-order valence-electron chi connectivity index (χ4n) is 8.89. The maximum Gasteiger partial charge on any atom is 0.188 e. The molecule has 0 radical (unpaired) electrons. The average Bonchev–Trinajstić information content (AvgIpc) is 3.87. The Morgan fingerprint density at radius 3 is 1.42 bits per heavy atom. The second-order valence-electron chi connectivity index (χ2n) is 15.4. The highest BCUT2D eigenvalue weighted by Gasteiger charge is 2.22. The molecule has 0 saturated heterocycles. The molecule has 0 saturated carbocycles. The number of rotatable bonds is 6. The molecular weight excluding hydrogens is 785 g/mol. The first-order valence-corrected chi connectivity index (χ1v) is 20.5. The summed E-state index contributed by atoms with van der Waals surface area (Å²) >= 11 is 0. The molecular formula is C56H30N8. The van der Waals surface area contributed by atoms with Crippen molar-refractivity contribution in [2.24, 2.45) is 0 Å². The third kappa shape index (κ3) is 6.12. The fraction of sp³-hybridized carbons (Fsp3) is 0. The van der Waals surface area contributed by atoms with Crippen molar-refractivity contribution < 1.29 is 0 Å². The van der Waals surface area contributed by atoms with Crippen molar-refractivity contribution in [3.05, 3.63) is 216 Å². The lowest BCUT2D eigenvalue weighted by atomic mass is 9.96.